The van der Waals surface area contributed by atoms with Crippen molar-refractivity contribution in [3.05, 3.63) is 106 Å². The maximum absolute atomic E-state index is 2.38. The molecule has 0 nitrogen and oxygen atoms in total. The molecule has 0 fully saturated rings. The standard InChI is InChI=1S/C30H36/c1-5-23(3)29(21-25-15-9-7-10-16-25)27-19-13-14-20-28(27)30(24(4)6-2)22-26-17-11-8-12-18-26/h7-20,23-24H,5-6,21-22H2,1-4H3. The molecular weight excluding hydrogens is 360 g/mol. The minimum absolute atomic E-state index is 0.557. The number of hydrogen-bond donors (Lipinski definition) is 0. The van der Waals surface area contributed by atoms with Crippen LogP contribution < -0.4 is 10.4 Å². The lowest BCUT2D eigenvalue weighted by Crippen LogP contribution is -2.33. The number of benzene rings is 3. The van der Waals surface area contributed by atoms with Crippen LogP contribution in [0.1, 0.15) is 51.7 Å². The zero-order chi connectivity index (χ0) is 21.3. The van der Waals surface area contributed by atoms with Gasteiger partial charge in [-0.3, -0.25) is 0 Å². The highest BCUT2D eigenvalue weighted by Crippen LogP contribution is 2.21. The quantitative estimate of drug-likeness (QED) is 0.404. The van der Waals surface area contributed by atoms with Crippen molar-refractivity contribution in [2.75, 3.05) is 0 Å². The molecule has 0 aliphatic heterocycles. The monoisotopic (exact) mass is 396 g/mol. The zero-order valence-corrected chi connectivity index (χ0v) is 19.1. The van der Waals surface area contributed by atoms with Gasteiger partial charge in [0.15, 0.2) is 0 Å². The summed E-state index contributed by atoms with van der Waals surface area (Å²) in [4.78, 5) is 0. The fraction of sp³-hybridized carbons (Fsp3) is 0.333. The Bertz CT molecular complexity index is 942. The molecule has 0 heteroatoms. The van der Waals surface area contributed by atoms with Crippen molar-refractivity contribution in [2.45, 2.75) is 53.4 Å². The molecule has 0 saturated heterocycles. The first-order valence-corrected chi connectivity index (χ1v) is 11.5. The Balaban J connectivity index is 2.27. The fourth-order valence-electron chi connectivity index (χ4n) is 4.24. The van der Waals surface area contributed by atoms with Crippen LogP contribution in [0.25, 0.3) is 11.1 Å². The maximum atomic E-state index is 2.38. The molecule has 0 saturated carbocycles. The van der Waals surface area contributed by atoms with Gasteiger partial charge in [-0.25, -0.2) is 0 Å². The molecule has 0 spiro atoms. The molecule has 0 N–H and O–H groups in total. The molecule has 0 amide bonds. The highest BCUT2D eigenvalue weighted by atomic mass is 14.2. The predicted molar refractivity (Wildman–Crippen MR) is 132 cm³/mol. The SMILES string of the molecule is CCC(C)C(Cc1ccccc1)=c1ccccc1=C(Cc1ccccc1)C(C)CC. The molecule has 0 aliphatic carbocycles. The van der Waals surface area contributed by atoms with Gasteiger partial charge < -0.3 is 0 Å². The average molecular weight is 397 g/mol. The van der Waals surface area contributed by atoms with Crippen molar-refractivity contribution in [3.8, 4) is 0 Å². The Morgan fingerprint density at radius 2 is 0.867 bits per heavy atom. The second kappa shape index (κ2) is 11.0. The summed E-state index contributed by atoms with van der Waals surface area (Å²) in [6, 6.07) is 31.0. The Morgan fingerprint density at radius 1 is 0.533 bits per heavy atom. The van der Waals surface area contributed by atoms with E-state index in [1.165, 1.54) is 21.6 Å². The van der Waals surface area contributed by atoms with E-state index in [1.54, 1.807) is 11.1 Å². The molecule has 30 heavy (non-hydrogen) atoms. The summed E-state index contributed by atoms with van der Waals surface area (Å²) in [6.07, 6.45) is 4.36. The summed E-state index contributed by atoms with van der Waals surface area (Å²) in [6.45, 7) is 9.38. The maximum Gasteiger partial charge on any atom is -0.00552 e. The van der Waals surface area contributed by atoms with Crippen molar-refractivity contribution in [3.63, 3.8) is 0 Å². The molecule has 2 atom stereocenters. The fourth-order valence-corrected chi connectivity index (χ4v) is 4.24. The molecule has 3 aromatic rings. The van der Waals surface area contributed by atoms with Gasteiger partial charge in [0.05, 0.1) is 0 Å². The largest absolute Gasteiger partial charge is 0.0648 e. The van der Waals surface area contributed by atoms with E-state index in [4.69, 9.17) is 0 Å². The zero-order valence-electron chi connectivity index (χ0n) is 19.1. The topological polar surface area (TPSA) is 0 Å². The third-order valence-electron chi connectivity index (χ3n) is 6.51. The first kappa shape index (κ1) is 22.1. The molecule has 0 heterocycles. The van der Waals surface area contributed by atoms with Gasteiger partial charge in [-0.05, 0) is 59.1 Å². The molecule has 2 unspecified atom stereocenters. The lowest BCUT2D eigenvalue weighted by Gasteiger charge is -2.19. The van der Waals surface area contributed by atoms with Gasteiger partial charge in [0.2, 0.25) is 0 Å². The Labute approximate surface area is 183 Å². The van der Waals surface area contributed by atoms with E-state index in [9.17, 15) is 0 Å². The van der Waals surface area contributed by atoms with Crippen LogP contribution in [-0.4, -0.2) is 0 Å². The van der Waals surface area contributed by atoms with Gasteiger partial charge in [0, 0.05) is 0 Å². The van der Waals surface area contributed by atoms with Crippen LogP contribution in [0.4, 0.5) is 0 Å². The molecule has 0 aromatic heterocycles. The van der Waals surface area contributed by atoms with E-state index in [1.807, 2.05) is 0 Å². The van der Waals surface area contributed by atoms with E-state index in [-0.39, 0.29) is 0 Å². The molecule has 3 aromatic carbocycles. The minimum Gasteiger partial charge on any atom is -0.0648 e. The second-order valence-electron chi connectivity index (χ2n) is 8.54. The Morgan fingerprint density at radius 3 is 1.20 bits per heavy atom. The third-order valence-corrected chi connectivity index (χ3v) is 6.51. The van der Waals surface area contributed by atoms with Crippen LogP contribution in [0.2, 0.25) is 0 Å². The van der Waals surface area contributed by atoms with Gasteiger partial charge in [0.1, 0.15) is 0 Å². The van der Waals surface area contributed by atoms with Gasteiger partial charge in [-0.1, -0.05) is 124 Å². The number of hydrogen-bond acceptors (Lipinski definition) is 0. The van der Waals surface area contributed by atoms with Crippen molar-refractivity contribution >= 4 is 11.1 Å². The summed E-state index contributed by atoms with van der Waals surface area (Å²) in [5, 5.41) is 2.89. The highest BCUT2D eigenvalue weighted by molar-refractivity contribution is 5.57. The molecule has 3 rings (SSSR count). The summed E-state index contributed by atoms with van der Waals surface area (Å²) in [5.41, 5.74) is 5.92. The molecule has 0 radical (unpaired) electrons. The highest BCUT2D eigenvalue weighted by Gasteiger charge is 2.13. The molecule has 0 bridgehead atoms. The van der Waals surface area contributed by atoms with Crippen molar-refractivity contribution in [2.24, 2.45) is 11.8 Å². The Kier molecular flexibility index (Phi) is 8.08. The van der Waals surface area contributed by atoms with Gasteiger partial charge in [-0.2, -0.15) is 0 Å². The lowest BCUT2D eigenvalue weighted by molar-refractivity contribution is 0.691. The van der Waals surface area contributed by atoms with Crippen molar-refractivity contribution in [1.82, 2.24) is 0 Å². The lowest BCUT2D eigenvalue weighted by atomic mass is 9.86. The normalized spacial score (nSPS) is 15.3. The van der Waals surface area contributed by atoms with Crippen LogP contribution in [0, 0.1) is 11.8 Å². The van der Waals surface area contributed by atoms with Crippen molar-refractivity contribution in [1.29, 1.82) is 0 Å². The summed E-state index contributed by atoms with van der Waals surface area (Å²) in [7, 11) is 0. The Hall–Kier alpha value is -2.60. The molecule has 0 aliphatic rings. The predicted octanol–water partition coefficient (Wildman–Crippen LogP) is 6.57. The first-order valence-electron chi connectivity index (χ1n) is 11.5. The van der Waals surface area contributed by atoms with Crippen LogP contribution in [0.3, 0.4) is 0 Å². The van der Waals surface area contributed by atoms with Gasteiger partial charge in [0.25, 0.3) is 0 Å². The summed E-state index contributed by atoms with van der Waals surface area (Å²) >= 11 is 0. The second-order valence-corrected chi connectivity index (χ2v) is 8.54. The van der Waals surface area contributed by atoms with E-state index in [2.05, 4.69) is 113 Å². The van der Waals surface area contributed by atoms with Crippen molar-refractivity contribution < 1.29 is 0 Å². The van der Waals surface area contributed by atoms with Gasteiger partial charge >= 0.3 is 0 Å². The molecular formula is C30H36. The summed E-state index contributed by atoms with van der Waals surface area (Å²) < 4.78 is 0. The van der Waals surface area contributed by atoms with Crippen LogP contribution in [0.15, 0.2) is 84.9 Å². The molecule has 156 valence electrons. The van der Waals surface area contributed by atoms with E-state index in [0.717, 1.165) is 25.7 Å². The average Bonchev–Trinajstić information content (AvgIpc) is 2.81. The van der Waals surface area contributed by atoms with Crippen LogP contribution >= 0.6 is 0 Å². The third kappa shape index (κ3) is 5.51. The van der Waals surface area contributed by atoms with E-state index >= 15 is 0 Å². The minimum atomic E-state index is 0.557. The van der Waals surface area contributed by atoms with E-state index < -0.39 is 0 Å². The van der Waals surface area contributed by atoms with Gasteiger partial charge in [-0.15, -0.1) is 0 Å². The number of rotatable bonds is 8. The van der Waals surface area contributed by atoms with Crippen LogP contribution in [0.5, 0.6) is 0 Å². The smallest absolute Gasteiger partial charge is 0.00552 e. The van der Waals surface area contributed by atoms with Crippen LogP contribution in [-0.2, 0) is 12.8 Å². The first-order chi connectivity index (χ1) is 14.6. The van der Waals surface area contributed by atoms with E-state index in [0.29, 0.717) is 11.8 Å². The summed E-state index contributed by atoms with van der Waals surface area (Å²) in [5.74, 6) is 1.11.